The molecule has 0 fully saturated rings. The van der Waals surface area contributed by atoms with E-state index in [4.69, 9.17) is 0 Å². The van der Waals surface area contributed by atoms with Crippen molar-refractivity contribution in [1.82, 2.24) is 0 Å². The molecule has 1 nitrogen and oxygen atoms in total. The maximum absolute atomic E-state index is 10.6. The van der Waals surface area contributed by atoms with Gasteiger partial charge in [-0.15, -0.1) is 0 Å². The van der Waals surface area contributed by atoms with Crippen LogP contribution in [0.15, 0.2) is 24.3 Å². The number of ketones is 1. The summed E-state index contributed by atoms with van der Waals surface area (Å²) in [6, 6.07) is 0. The Bertz CT molecular complexity index is 189. The Morgan fingerprint density at radius 3 is 2.91 bits per heavy atom. The number of hydrogen-bond acceptors (Lipinski definition) is 1. The molecular formula is C10H14O. The fourth-order valence-electron chi connectivity index (χ4n) is 1.26. The van der Waals surface area contributed by atoms with Crippen LogP contribution in [-0.4, -0.2) is 5.78 Å². The monoisotopic (exact) mass is 150 g/mol. The molecule has 1 aliphatic carbocycles. The largest absolute Gasteiger partial charge is 0.295 e. The van der Waals surface area contributed by atoms with Crippen LogP contribution < -0.4 is 0 Å². The van der Waals surface area contributed by atoms with Crippen LogP contribution in [0.25, 0.3) is 0 Å². The lowest BCUT2D eigenvalue weighted by atomic mass is 9.94. The first-order valence-corrected chi connectivity index (χ1v) is 4.13. The molecule has 0 aromatic carbocycles. The minimum Gasteiger partial charge on any atom is -0.295 e. The number of carbonyl (C=O) groups is 1. The van der Waals surface area contributed by atoms with E-state index in [1.54, 1.807) is 13.0 Å². The summed E-state index contributed by atoms with van der Waals surface area (Å²) >= 11 is 0. The van der Waals surface area contributed by atoms with Crippen molar-refractivity contribution >= 4 is 5.78 Å². The van der Waals surface area contributed by atoms with Gasteiger partial charge < -0.3 is 0 Å². The van der Waals surface area contributed by atoms with Crippen molar-refractivity contribution in [1.29, 1.82) is 0 Å². The second kappa shape index (κ2) is 4.12. The Morgan fingerprint density at radius 1 is 1.55 bits per heavy atom. The van der Waals surface area contributed by atoms with Crippen LogP contribution in [0, 0.1) is 5.92 Å². The van der Waals surface area contributed by atoms with Crippen LogP contribution in [0.4, 0.5) is 0 Å². The van der Waals surface area contributed by atoms with E-state index in [1.807, 2.05) is 6.08 Å². The summed E-state index contributed by atoms with van der Waals surface area (Å²) in [7, 11) is 0. The molecule has 0 aromatic heterocycles. The number of carbonyl (C=O) groups excluding carboxylic acids is 1. The second-order valence-corrected chi connectivity index (χ2v) is 3.01. The molecule has 0 aromatic rings. The molecule has 1 aliphatic rings. The van der Waals surface area contributed by atoms with Gasteiger partial charge in [0.05, 0.1) is 0 Å². The molecule has 0 spiro atoms. The summed E-state index contributed by atoms with van der Waals surface area (Å²) in [5.41, 5.74) is 0. The first-order chi connectivity index (χ1) is 5.29. The summed E-state index contributed by atoms with van der Waals surface area (Å²) in [5.74, 6) is 0.753. The van der Waals surface area contributed by atoms with Crippen LogP contribution in [0.3, 0.4) is 0 Å². The van der Waals surface area contributed by atoms with Gasteiger partial charge in [-0.1, -0.05) is 18.2 Å². The van der Waals surface area contributed by atoms with Crippen LogP contribution in [0.5, 0.6) is 0 Å². The molecule has 0 amide bonds. The Morgan fingerprint density at radius 2 is 2.36 bits per heavy atom. The fourth-order valence-corrected chi connectivity index (χ4v) is 1.26. The Balaban J connectivity index is 2.37. The SMILES string of the molecule is CC(=O)/C=C/[C@H]1CC=CCC1. The van der Waals surface area contributed by atoms with Crippen molar-refractivity contribution in [2.75, 3.05) is 0 Å². The van der Waals surface area contributed by atoms with E-state index in [-0.39, 0.29) is 5.78 Å². The average Bonchev–Trinajstić information content (AvgIpc) is 2.03. The third-order valence-electron chi connectivity index (χ3n) is 1.91. The number of rotatable bonds is 2. The third-order valence-corrected chi connectivity index (χ3v) is 1.91. The molecule has 0 heterocycles. The molecule has 0 saturated carbocycles. The maximum Gasteiger partial charge on any atom is 0.152 e. The molecule has 0 aliphatic heterocycles. The lowest BCUT2D eigenvalue weighted by Gasteiger charge is -2.12. The van der Waals surface area contributed by atoms with Gasteiger partial charge in [-0.2, -0.15) is 0 Å². The summed E-state index contributed by atoms with van der Waals surface area (Å²) in [6.45, 7) is 1.59. The van der Waals surface area contributed by atoms with Gasteiger partial charge in [0.1, 0.15) is 0 Å². The van der Waals surface area contributed by atoms with E-state index in [0.717, 1.165) is 12.8 Å². The number of allylic oxidation sites excluding steroid dienone is 4. The van der Waals surface area contributed by atoms with Crippen LogP contribution in [0.1, 0.15) is 26.2 Å². The van der Waals surface area contributed by atoms with Crippen molar-refractivity contribution in [3.63, 3.8) is 0 Å². The summed E-state index contributed by atoms with van der Waals surface area (Å²) in [5, 5.41) is 0. The third kappa shape index (κ3) is 3.17. The Labute approximate surface area is 67.8 Å². The summed E-state index contributed by atoms with van der Waals surface area (Å²) in [4.78, 5) is 10.6. The van der Waals surface area contributed by atoms with Crippen molar-refractivity contribution < 1.29 is 4.79 Å². The predicted molar refractivity (Wildman–Crippen MR) is 46.3 cm³/mol. The molecule has 1 heteroatoms. The van der Waals surface area contributed by atoms with Crippen molar-refractivity contribution in [3.05, 3.63) is 24.3 Å². The van der Waals surface area contributed by atoms with E-state index in [9.17, 15) is 4.79 Å². The van der Waals surface area contributed by atoms with Crippen LogP contribution in [0.2, 0.25) is 0 Å². The van der Waals surface area contributed by atoms with Crippen molar-refractivity contribution in [3.8, 4) is 0 Å². The second-order valence-electron chi connectivity index (χ2n) is 3.01. The highest BCUT2D eigenvalue weighted by Gasteiger charge is 2.04. The predicted octanol–water partition coefficient (Wildman–Crippen LogP) is 2.49. The average molecular weight is 150 g/mol. The molecular weight excluding hydrogens is 136 g/mol. The van der Waals surface area contributed by atoms with E-state index in [2.05, 4.69) is 12.2 Å². The molecule has 0 N–H and O–H groups in total. The standard InChI is InChI=1S/C10H14O/c1-9(11)7-8-10-5-3-2-4-6-10/h2-3,7-8,10H,4-6H2,1H3/b8-7+/t10-/m0/s1. The molecule has 0 radical (unpaired) electrons. The van der Waals surface area contributed by atoms with Gasteiger partial charge in [0.25, 0.3) is 0 Å². The number of hydrogen-bond donors (Lipinski definition) is 0. The zero-order valence-electron chi connectivity index (χ0n) is 6.92. The van der Waals surface area contributed by atoms with E-state index in [0.29, 0.717) is 5.92 Å². The highest BCUT2D eigenvalue weighted by atomic mass is 16.1. The minimum atomic E-state index is 0.152. The Hall–Kier alpha value is -0.850. The normalized spacial score (nSPS) is 24.3. The lowest BCUT2D eigenvalue weighted by Crippen LogP contribution is -1.98. The minimum absolute atomic E-state index is 0.152. The van der Waals surface area contributed by atoms with Crippen molar-refractivity contribution in [2.45, 2.75) is 26.2 Å². The van der Waals surface area contributed by atoms with Gasteiger partial charge in [0.2, 0.25) is 0 Å². The van der Waals surface area contributed by atoms with Gasteiger partial charge >= 0.3 is 0 Å². The zero-order valence-corrected chi connectivity index (χ0v) is 6.92. The molecule has 1 atom stereocenters. The van der Waals surface area contributed by atoms with E-state index >= 15 is 0 Å². The molecule has 0 saturated heterocycles. The van der Waals surface area contributed by atoms with E-state index in [1.165, 1.54) is 6.42 Å². The quantitative estimate of drug-likeness (QED) is 0.436. The van der Waals surface area contributed by atoms with Crippen LogP contribution >= 0.6 is 0 Å². The molecule has 0 bridgehead atoms. The topological polar surface area (TPSA) is 17.1 Å². The first-order valence-electron chi connectivity index (χ1n) is 4.13. The lowest BCUT2D eigenvalue weighted by molar-refractivity contribution is -0.112. The molecule has 1 rings (SSSR count). The summed E-state index contributed by atoms with van der Waals surface area (Å²) in [6.07, 6.45) is 11.6. The van der Waals surface area contributed by atoms with Crippen LogP contribution in [-0.2, 0) is 4.79 Å². The smallest absolute Gasteiger partial charge is 0.152 e. The highest BCUT2D eigenvalue weighted by molar-refractivity contribution is 5.87. The molecule has 60 valence electrons. The van der Waals surface area contributed by atoms with Crippen molar-refractivity contribution in [2.24, 2.45) is 5.92 Å². The summed E-state index contributed by atoms with van der Waals surface area (Å²) < 4.78 is 0. The highest BCUT2D eigenvalue weighted by Crippen LogP contribution is 2.18. The Kier molecular flexibility index (Phi) is 3.09. The van der Waals surface area contributed by atoms with Gasteiger partial charge in [-0.3, -0.25) is 4.79 Å². The first kappa shape index (κ1) is 8.25. The fraction of sp³-hybridized carbons (Fsp3) is 0.500. The molecule has 11 heavy (non-hydrogen) atoms. The maximum atomic E-state index is 10.6. The van der Waals surface area contributed by atoms with Gasteiger partial charge in [-0.25, -0.2) is 0 Å². The van der Waals surface area contributed by atoms with Gasteiger partial charge in [0, 0.05) is 0 Å². The zero-order chi connectivity index (χ0) is 8.10. The molecule has 0 unspecified atom stereocenters. The van der Waals surface area contributed by atoms with E-state index < -0.39 is 0 Å². The van der Waals surface area contributed by atoms with Gasteiger partial charge in [0.15, 0.2) is 5.78 Å². The van der Waals surface area contributed by atoms with Gasteiger partial charge in [-0.05, 0) is 38.2 Å².